The van der Waals surface area contributed by atoms with Crippen LogP contribution in [0.4, 0.5) is 0 Å². The van der Waals surface area contributed by atoms with Crippen molar-refractivity contribution in [3.63, 3.8) is 0 Å². The summed E-state index contributed by atoms with van der Waals surface area (Å²) in [6.07, 6.45) is 2.38. The van der Waals surface area contributed by atoms with E-state index >= 15 is 0 Å². The lowest BCUT2D eigenvalue weighted by Crippen LogP contribution is -2.14. The highest BCUT2D eigenvalue weighted by atomic mass is 15.0. The van der Waals surface area contributed by atoms with Gasteiger partial charge in [-0.15, -0.1) is 0 Å². The van der Waals surface area contributed by atoms with E-state index in [1.54, 1.807) is 0 Å². The maximum absolute atomic E-state index is 4.68. The van der Waals surface area contributed by atoms with Gasteiger partial charge in [0.1, 0.15) is 0 Å². The normalized spacial score (nSPS) is 15.0. The summed E-state index contributed by atoms with van der Waals surface area (Å²) >= 11 is 0. The molecule has 0 bridgehead atoms. The zero-order valence-corrected chi connectivity index (χ0v) is 24.8. The van der Waals surface area contributed by atoms with Gasteiger partial charge in [0, 0.05) is 16.5 Å². The Balaban J connectivity index is 1.45. The Kier molecular flexibility index (Phi) is 6.13. The van der Waals surface area contributed by atoms with Gasteiger partial charge in [0.2, 0.25) is 0 Å². The molecule has 1 aliphatic rings. The number of aromatic nitrogens is 1. The topological polar surface area (TPSA) is 4.93 Å². The smallest absolute Gasteiger partial charge is 0.0537 e. The second-order valence-electron chi connectivity index (χ2n) is 12.1. The summed E-state index contributed by atoms with van der Waals surface area (Å²) in [6.45, 7) is 13.7. The van der Waals surface area contributed by atoms with E-state index in [4.69, 9.17) is 0 Å². The molecule has 0 radical (unpaired) electrons. The standard InChI is InChI=1S/C41H35N/c1-27-16-20-34(21-17-27)42-39-23-19-32(30-12-8-6-9-13-30)24-36(39)28(2)40(42)26-37-29(3)41(4,5)38-25-33(18-22-35(37)38)31-14-10-7-11-15-31/h6-26H,3H2,1-2,4-5H3. The first-order valence-corrected chi connectivity index (χ1v) is 14.7. The molecule has 0 aliphatic heterocycles. The van der Waals surface area contributed by atoms with Crippen molar-refractivity contribution in [2.24, 2.45) is 0 Å². The quantitative estimate of drug-likeness (QED) is 0.209. The summed E-state index contributed by atoms with van der Waals surface area (Å²) < 4.78 is 2.42. The predicted molar refractivity (Wildman–Crippen MR) is 180 cm³/mol. The molecule has 42 heavy (non-hydrogen) atoms. The minimum atomic E-state index is -0.166. The minimum absolute atomic E-state index is 0.166. The van der Waals surface area contributed by atoms with Crippen LogP contribution in [0.15, 0.2) is 133 Å². The maximum Gasteiger partial charge on any atom is 0.0537 e. The number of hydrogen-bond donors (Lipinski definition) is 0. The molecule has 1 heterocycles. The first-order chi connectivity index (χ1) is 20.3. The molecule has 0 fully saturated rings. The van der Waals surface area contributed by atoms with Crippen molar-refractivity contribution in [1.82, 2.24) is 4.57 Å². The highest BCUT2D eigenvalue weighted by Crippen LogP contribution is 2.51. The van der Waals surface area contributed by atoms with Crippen molar-refractivity contribution in [3.8, 4) is 27.9 Å². The number of allylic oxidation sites excluding steroid dienone is 2. The highest BCUT2D eigenvalue weighted by Gasteiger charge is 2.37. The van der Waals surface area contributed by atoms with Gasteiger partial charge in [-0.25, -0.2) is 0 Å². The molecule has 0 atom stereocenters. The third-order valence-corrected chi connectivity index (χ3v) is 9.12. The fraction of sp³-hybridized carbons (Fsp3) is 0.122. The van der Waals surface area contributed by atoms with E-state index in [1.165, 1.54) is 72.4 Å². The first-order valence-electron chi connectivity index (χ1n) is 14.7. The molecule has 204 valence electrons. The minimum Gasteiger partial charge on any atom is -0.310 e. The lowest BCUT2D eigenvalue weighted by molar-refractivity contribution is 0.663. The van der Waals surface area contributed by atoms with E-state index in [1.807, 2.05) is 0 Å². The average Bonchev–Trinajstić information content (AvgIpc) is 3.40. The third-order valence-electron chi connectivity index (χ3n) is 9.12. The number of nitrogens with zero attached hydrogens (tertiary/aromatic N) is 1. The monoisotopic (exact) mass is 541 g/mol. The number of fused-ring (bicyclic) bond motifs is 2. The zero-order chi connectivity index (χ0) is 29.0. The Bertz CT molecular complexity index is 2000. The van der Waals surface area contributed by atoms with Crippen LogP contribution in [0.2, 0.25) is 0 Å². The van der Waals surface area contributed by atoms with Gasteiger partial charge >= 0.3 is 0 Å². The molecule has 1 aromatic heterocycles. The second kappa shape index (κ2) is 9.89. The molecule has 5 aromatic carbocycles. The van der Waals surface area contributed by atoms with E-state index in [0.29, 0.717) is 0 Å². The van der Waals surface area contributed by atoms with E-state index < -0.39 is 0 Å². The second-order valence-corrected chi connectivity index (χ2v) is 12.1. The van der Waals surface area contributed by atoms with Crippen molar-refractivity contribution >= 4 is 22.6 Å². The van der Waals surface area contributed by atoms with Gasteiger partial charge in [0.25, 0.3) is 0 Å². The van der Waals surface area contributed by atoms with Crippen LogP contribution < -0.4 is 0 Å². The Morgan fingerprint density at radius 3 is 1.88 bits per heavy atom. The van der Waals surface area contributed by atoms with Gasteiger partial charge in [-0.05, 0) is 100 Å². The van der Waals surface area contributed by atoms with Crippen molar-refractivity contribution in [3.05, 3.63) is 161 Å². The summed E-state index contributed by atoms with van der Waals surface area (Å²) in [5.74, 6) is 0. The van der Waals surface area contributed by atoms with Crippen molar-refractivity contribution in [1.29, 1.82) is 0 Å². The Morgan fingerprint density at radius 2 is 1.24 bits per heavy atom. The van der Waals surface area contributed by atoms with Gasteiger partial charge in [-0.2, -0.15) is 0 Å². The lowest BCUT2D eigenvalue weighted by Gasteiger charge is -2.21. The van der Waals surface area contributed by atoms with Gasteiger partial charge in [-0.3, -0.25) is 0 Å². The molecule has 0 spiro atoms. The summed E-state index contributed by atoms with van der Waals surface area (Å²) in [4.78, 5) is 0. The van der Waals surface area contributed by atoms with Crippen LogP contribution in [0.25, 0.3) is 50.5 Å². The highest BCUT2D eigenvalue weighted by molar-refractivity contribution is 6.01. The van der Waals surface area contributed by atoms with Gasteiger partial charge in [0.15, 0.2) is 0 Å². The molecule has 6 aromatic rings. The van der Waals surface area contributed by atoms with E-state index in [-0.39, 0.29) is 5.41 Å². The van der Waals surface area contributed by atoms with E-state index in [0.717, 1.165) is 5.57 Å². The molecule has 0 N–H and O–H groups in total. The number of rotatable bonds is 4. The van der Waals surface area contributed by atoms with Gasteiger partial charge < -0.3 is 4.57 Å². The third kappa shape index (κ3) is 4.16. The molecule has 0 amide bonds. The van der Waals surface area contributed by atoms with Crippen LogP contribution >= 0.6 is 0 Å². The average molecular weight is 542 g/mol. The van der Waals surface area contributed by atoms with Crippen molar-refractivity contribution in [2.45, 2.75) is 33.1 Å². The van der Waals surface area contributed by atoms with Gasteiger partial charge in [0.05, 0.1) is 11.2 Å². The Labute approximate surface area is 249 Å². The Morgan fingerprint density at radius 1 is 0.643 bits per heavy atom. The van der Waals surface area contributed by atoms with Crippen LogP contribution in [-0.2, 0) is 5.41 Å². The van der Waals surface area contributed by atoms with E-state index in [9.17, 15) is 0 Å². The lowest BCUT2D eigenvalue weighted by atomic mass is 9.82. The SMILES string of the molecule is C=C1C(=Cc2c(C)c3cc(-c4ccccc4)ccc3n2-c2ccc(C)cc2)c2ccc(-c3ccccc3)cc2C1(C)C. The molecule has 1 aliphatic carbocycles. The zero-order valence-electron chi connectivity index (χ0n) is 24.8. The number of benzene rings is 5. The molecular formula is C41H35N. The molecule has 0 saturated heterocycles. The fourth-order valence-electron chi connectivity index (χ4n) is 6.49. The number of hydrogen-bond acceptors (Lipinski definition) is 0. The molecule has 0 saturated carbocycles. The van der Waals surface area contributed by atoms with Crippen LogP contribution in [0.3, 0.4) is 0 Å². The first kappa shape index (κ1) is 26.0. The maximum atomic E-state index is 4.68. The van der Waals surface area contributed by atoms with Crippen LogP contribution in [-0.4, -0.2) is 4.57 Å². The van der Waals surface area contributed by atoms with Gasteiger partial charge in [-0.1, -0.05) is 117 Å². The predicted octanol–water partition coefficient (Wildman–Crippen LogP) is 11.0. The number of aryl methyl sites for hydroxylation is 2. The van der Waals surface area contributed by atoms with Crippen molar-refractivity contribution in [2.75, 3.05) is 0 Å². The summed E-state index contributed by atoms with van der Waals surface area (Å²) in [5, 5.41) is 1.27. The summed E-state index contributed by atoms with van der Waals surface area (Å²) in [6, 6.07) is 43.9. The molecule has 1 nitrogen and oxygen atoms in total. The molecule has 1 heteroatoms. The summed E-state index contributed by atoms with van der Waals surface area (Å²) in [5.41, 5.74) is 15.9. The Hall–Kier alpha value is -4.88. The summed E-state index contributed by atoms with van der Waals surface area (Å²) in [7, 11) is 0. The van der Waals surface area contributed by atoms with Crippen LogP contribution in [0.5, 0.6) is 0 Å². The molecular weight excluding hydrogens is 506 g/mol. The molecule has 0 unspecified atom stereocenters. The fourth-order valence-corrected chi connectivity index (χ4v) is 6.49. The van der Waals surface area contributed by atoms with E-state index in [2.05, 4.69) is 166 Å². The van der Waals surface area contributed by atoms with Crippen molar-refractivity contribution < 1.29 is 0 Å². The molecule has 7 rings (SSSR count). The van der Waals surface area contributed by atoms with Crippen LogP contribution in [0.1, 0.15) is 41.8 Å². The largest absolute Gasteiger partial charge is 0.310 e. The van der Waals surface area contributed by atoms with Crippen LogP contribution in [0, 0.1) is 13.8 Å².